The molecule has 0 bridgehead atoms. The van der Waals surface area contributed by atoms with Gasteiger partial charge in [0.2, 0.25) is 0 Å². The summed E-state index contributed by atoms with van der Waals surface area (Å²) in [7, 11) is 0. The van der Waals surface area contributed by atoms with Crippen molar-refractivity contribution in [3.05, 3.63) is 69.7 Å². The van der Waals surface area contributed by atoms with Crippen LogP contribution < -0.4 is 10.9 Å². The fraction of sp³-hybridized carbons (Fsp3) is 0.0667. The first kappa shape index (κ1) is 14.3. The van der Waals surface area contributed by atoms with Crippen molar-refractivity contribution in [1.82, 2.24) is 0 Å². The molecule has 0 spiro atoms. The molecule has 0 saturated heterocycles. The van der Waals surface area contributed by atoms with Crippen LogP contribution in [0, 0.1) is 6.92 Å². The van der Waals surface area contributed by atoms with Crippen LogP contribution >= 0.6 is 15.9 Å². The van der Waals surface area contributed by atoms with Crippen molar-refractivity contribution in [2.24, 2.45) is 5.73 Å². The van der Waals surface area contributed by atoms with Gasteiger partial charge >= 0.3 is 11.8 Å². The Kier molecular flexibility index (Phi) is 4.53. The van der Waals surface area contributed by atoms with Gasteiger partial charge in [0.25, 0.3) is 0 Å². The van der Waals surface area contributed by atoms with E-state index in [9.17, 15) is 4.79 Å². The number of nitrogen functional groups attached to an aromatic ring is 1. The lowest BCUT2D eigenvalue weighted by molar-refractivity contribution is -0.721. The summed E-state index contributed by atoms with van der Waals surface area (Å²) in [5.41, 5.74) is 8.09. The Bertz CT molecular complexity index is 634. The van der Waals surface area contributed by atoms with Gasteiger partial charge in [-0.05, 0) is 43.3 Å². The molecule has 4 nitrogen and oxygen atoms in total. The average Bonchev–Trinajstić information content (AvgIpc) is 2.46. The van der Waals surface area contributed by atoms with E-state index in [0.717, 1.165) is 15.6 Å². The predicted molar refractivity (Wildman–Crippen MR) is 80.0 cm³/mol. The van der Waals surface area contributed by atoms with Crippen LogP contribution in [0.25, 0.3) is 0 Å². The quantitative estimate of drug-likeness (QED) is 0.385. The molecule has 0 amide bonds. The fourth-order valence-electron chi connectivity index (χ4n) is 1.54. The second kappa shape index (κ2) is 6.34. The number of benzene rings is 2. The summed E-state index contributed by atoms with van der Waals surface area (Å²) in [5.74, 6) is -0.206. The number of carbonyl (C=O) groups is 1. The fourth-order valence-corrected chi connectivity index (χ4v) is 1.80. The monoisotopic (exact) mass is 333 g/mol. The maximum absolute atomic E-state index is 11.8. The number of aryl methyl sites for hydroxylation is 1. The zero-order valence-corrected chi connectivity index (χ0v) is 12.5. The van der Waals surface area contributed by atoms with Gasteiger partial charge in [0.1, 0.15) is 0 Å². The summed E-state index contributed by atoms with van der Waals surface area (Å²) in [5, 5.41) is 2.46. The maximum Gasteiger partial charge on any atom is 0.387 e. The maximum atomic E-state index is 11.8. The summed E-state index contributed by atoms with van der Waals surface area (Å²) < 4.78 is 0.950. The normalized spacial score (nSPS) is 11.2. The van der Waals surface area contributed by atoms with E-state index < -0.39 is 5.97 Å². The van der Waals surface area contributed by atoms with Crippen LogP contribution in [0.4, 0.5) is 0 Å². The minimum Gasteiger partial charge on any atom is -0.284 e. The molecular formula is C15H14BrN2O2+. The van der Waals surface area contributed by atoms with Crippen LogP contribution in [0.1, 0.15) is 21.5 Å². The average molecular weight is 334 g/mol. The van der Waals surface area contributed by atoms with Crippen molar-refractivity contribution in [1.29, 1.82) is 0 Å². The van der Waals surface area contributed by atoms with Gasteiger partial charge in [-0.25, -0.2) is 4.79 Å². The first-order valence-corrected chi connectivity index (χ1v) is 6.78. The summed E-state index contributed by atoms with van der Waals surface area (Å²) in [4.78, 5) is 16.7. The number of rotatable bonds is 3. The molecule has 0 aliphatic rings. The van der Waals surface area contributed by atoms with E-state index in [1.54, 1.807) is 12.1 Å². The number of hydrogen-bond acceptors (Lipinski definition) is 2. The standard InChI is InChI=1S/C15H13BrN2O2/c1-10-2-4-12(5-3-10)15(19)20-18-14(17)11-6-8-13(16)9-7-11/h2-9H,1H3,(H2,17,18)/p+1. The highest BCUT2D eigenvalue weighted by Crippen LogP contribution is 2.09. The van der Waals surface area contributed by atoms with E-state index >= 15 is 0 Å². The lowest BCUT2D eigenvalue weighted by Crippen LogP contribution is -2.75. The predicted octanol–water partition coefficient (Wildman–Crippen LogP) is 1.32. The molecule has 0 heterocycles. The molecule has 2 aromatic rings. The second-order valence-corrected chi connectivity index (χ2v) is 5.19. The van der Waals surface area contributed by atoms with Gasteiger partial charge in [-0.1, -0.05) is 38.8 Å². The molecule has 0 saturated carbocycles. The molecule has 2 rings (SSSR count). The van der Waals surface area contributed by atoms with Gasteiger partial charge in [0.15, 0.2) is 0 Å². The first-order valence-electron chi connectivity index (χ1n) is 5.98. The van der Waals surface area contributed by atoms with Crippen molar-refractivity contribution in [2.75, 3.05) is 0 Å². The first-order chi connectivity index (χ1) is 9.56. The van der Waals surface area contributed by atoms with E-state index in [2.05, 4.69) is 21.1 Å². The topological polar surface area (TPSA) is 66.3 Å². The SMILES string of the molecule is Cc1ccc(C(=O)O[NH+]=C(N)c2ccc(Br)cc2)cc1. The lowest BCUT2D eigenvalue weighted by Gasteiger charge is -1.99. The number of hydrogen-bond donors (Lipinski definition) is 2. The van der Waals surface area contributed by atoms with Gasteiger partial charge in [-0.3, -0.25) is 10.6 Å². The smallest absolute Gasteiger partial charge is 0.284 e. The Balaban J connectivity index is 2.06. The highest BCUT2D eigenvalue weighted by molar-refractivity contribution is 9.10. The molecule has 0 aliphatic heterocycles. The van der Waals surface area contributed by atoms with Crippen molar-refractivity contribution in [3.8, 4) is 0 Å². The van der Waals surface area contributed by atoms with Gasteiger partial charge < -0.3 is 0 Å². The highest BCUT2D eigenvalue weighted by atomic mass is 79.9. The number of nitrogens with one attached hydrogen (secondary N) is 1. The Hall–Kier alpha value is -2.14. The Morgan fingerprint density at radius 2 is 1.60 bits per heavy atom. The zero-order valence-electron chi connectivity index (χ0n) is 10.9. The highest BCUT2D eigenvalue weighted by Gasteiger charge is 2.10. The van der Waals surface area contributed by atoms with E-state index in [4.69, 9.17) is 10.6 Å². The molecular weight excluding hydrogens is 320 g/mol. The molecule has 102 valence electrons. The van der Waals surface area contributed by atoms with E-state index in [0.29, 0.717) is 5.56 Å². The minimum absolute atomic E-state index is 0.276. The second-order valence-electron chi connectivity index (χ2n) is 4.28. The van der Waals surface area contributed by atoms with E-state index in [1.807, 2.05) is 43.3 Å². The molecule has 3 N–H and O–H groups in total. The molecule has 0 aliphatic carbocycles. The minimum atomic E-state index is -0.481. The largest absolute Gasteiger partial charge is 0.387 e. The third-order valence-electron chi connectivity index (χ3n) is 2.70. The molecule has 2 aromatic carbocycles. The van der Waals surface area contributed by atoms with Crippen molar-refractivity contribution in [3.63, 3.8) is 0 Å². The van der Waals surface area contributed by atoms with Gasteiger partial charge in [-0.2, -0.15) is 0 Å². The van der Waals surface area contributed by atoms with Crippen LogP contribution in [0.15, 0.2) is 53.0 Å². The van der Waals surface area contributed by atoms with E-state index in [1.165, 1.54) is 0 Å². The molecule has 20 heavy (non-hydrogen) atoms. The van der Waals surface area contributed by atoms with Crippen molar-refractivity contribution >= 4 is 27.7 Å². The van der Waals surface area contributed by atoms with Gasteiger partial charge in [0.05, 0.1) is 11.1 Å². The number of nitrogens with two attached hydrogens (primary N) is 1. The van der Waals surface area contributed by atoms with E-state index in [-0.39, 0.29) is 5.84 Å². The molecule has 5 heteroatoms. The lowest BCUT2D eigenvalue weighted by atomic mass is 10.2. The summed E-state index contributed by atoms with van der Waals surface area (Å²) in [6, 6.07) is 14.4. The summed E-state index contributed by atoms with van der Waals surface area (Å²) in [6.45, 7) is 1.95. The van der Waals surface area contributed by atoms with Crippen LogP contribution in [0.5, 0.6) is 0 Å². The summed E-state index contributed by atoms with van der Waals surface area (Å²) >= 11 is 3.34. The van der Waals surface area contributed by atoms with Crippen LogP contribution in [-0.4, -0.2) is 11.8 Å². The molecule has 0 unspecified atom stereocenters. The third kappa shape index (κ3) is 3.68. The molecule has 0 aromatic heterocycles. The van der Waals surface area contributed by atoms with Crippen LogP contribution in [-0.2, 0) is 4.84 Å². The number of amidine groups is 1. The third-order valence-corrected chi connectivity index (χ3v) is 3.22. The van der Waals surface area contributed by atoms with Crippen LogP contribution in [0.2, 0.25) is 0 Å². The van der Waals surface area contributed by atoms with Gasteiger partial charge in [0, 0.05) is 4.47 Å². The Morgan fingerprint density at radius 1 is 1.05 bits per heavy atom. The number of halogens is 1. The molecule has 0 fully saturated rings. The van der Waals surface area contributed by atoms with Crippen molar-refractivity contribution < 1.29 is 14.8 Å². The number of carbonyl (C=O) groups excluding carboxylic acids is 1. The molecule has 0 radical (unpaired) electrons. The Morgan fingerprint density at radius 3 is 2.20 bits per heavy atom. The molecule has 0 atom stereocenters. The Labute approximate surface area is 125 Å². The summed E-state index contributed by atoms with van der Waals surface area (Å²) in [6.07, 6.45) is 0. The zero-order chi connectivity index (χ0) is 14.5. The van der Waals surface area contributed by atoms with Crippen molar-refractivity contribution in [2.45, 2.75) is 6.92 Å². The van der Waals surface area contributed by atoms with Crippen LogP contribution in [0.3, 0.4) is 0 Å². The van der Waals surface area contributed by atoms with Gasteiger partial charge in [-0.15, -0.1) is 0 Å².